The van der Waals surface area contributed by atoms with E-state index in [1.54, 1.807) is 24.8 Å². The van der Waals surface area contributed by atoms with Gasteiger partial charge in [0.25, 0.3) is 0 Å². The molecule has 1 N–H and O–H groups in total. The van der Waals surface area contributed by atoms with Gasteiger partial charge in [-0.1, -0.05) is 19.1 Å². The van der Waals surface area contributed by atoms with Crippen LogP contribution in [0.25, 0.3) is 11.3 Å². The van der Waals surface area contributed by atoms with Crippen molar-refractivity contribution >= 4 is 12.2 Å². The number of nitrogens with one attached hydrogen (secondary N) is 1. The second-order valence-electron chi connectivity index (χ2n) is 3.57. The molecule has 2 heterocycles. The summed E-state index contributed by atoms with van der Waals surface area (Å²) in [5, 5.41) is 0. The van der Waals surface area contributed by atoms with Gasteiger partial charge in [-0.25, -0.2) is 0 Å². The topological polar surface area (TPSA) is 50.8 Å². The lowest BCUT2D eigenvalue weighted by Crippen LogP contribution is -1.96. The third-order valence-electron chi connectivity index (χ3n) is 2.15. The van der Waals surface area contributed by atoms with Gasteiger partial charge in [-0.15, -0.1) is 0 Å². The zero-order valence-corrected chi connectivity index (χ0v) is 10.3. The van der Waals surface area contributed by atoms with Crippen LogP contribution in [0.2, 0.25) is 0 Å². The van der Waals surface area contributed by atoms with Crippen LogP contribution in [0, 0.1) is 4.64 Å². The summed E-state index contributed by atoms with van der Waals surface area (Å²) >= 11 is 5.03. The summed E-state index contributed by atoms with van der Waals surface area (Å²) in [5.74, 6) is 0.757. The zero-order chi connectivity index (χ0) is 12.1. The van der Waals surface area contributed by atoms with Crippen molar-refractivity contribution < 1.29 is 4.74 Å². The molecular weight excluding hydrogens is 234 g/mol. The number of aromatic amines is 1. The summed E-state index contributed by atoms with van der Waals surface area (Å²) in [6, 6.07) is 1.92. The van der Waals surface area contributed by atoms with Crippen LogP contribution in [-0.2, 0) is 0 Å². The third kappa shape index (κ3) is 3.10. The Bertz CT molecular complexity index is 553. The van der Waals surface area contributed by atoms with Gasteiger partial charge in [0, 0.05) is 11.8 Å². The average Bonchev–Trinajstić information content (AvgIpc) is 2.37. The van der Waals surface area contributed by atoms with E-state index in [9.17, 15) is 0 Å². The van der Waals surface area contributed by atoms with E-state index in [1.807, 2.05) is 6.07 Å². The first-order valence-corrected chi connectivity index (χ1v) is 5.83. The molecule has 0 aromatic carbocycles. The minimum atomic E-state index is 0.599. The lowest BCUT2D eigenvalue weighted by Gasteiger charge is -2.06. The van der Waals surface area contributed by atoms with Crippen LogP contribution in [0.1, 0.15) is 13.3 Å². The fraction of sp³-hybridized carbons (Fsp3) is 0.250. The van der Waals surface area contributed by atoms with Gasteiger partial charge in [0.05, 0.1) is 30.9 Å². The van der Waals surface area contributed by atoms with Gasteiger partial charge in [-0.05, 0) is 12.5 Å². The molecule has 0 saturated carbocycles. The number of H-pyrrole nitrogens is 1. The Labute approximate surface area is 105 Å². The highest BCUT2D eigenvalue weighted by Gasteiger charge is 2.01. The van der Waals surface area contributed by atoms with Crippen molar-refractivity contribution in [2.45, 2.75) is 13.3 Å². The quantitative estimate of drug-likeness (QED) is 0.844. The molecule has 2 aromatic heterocycles. The first kappa shape index (κ1) is 11.7. The van der Waals surface area contributed by atoms with Crippen molar-refractivity contribution in [2.24, 2.45) is 0 Å². The third-order valence-corrected chi connectivity index (χ3v) is 2.36. The molecule has 88 valence electrons. The minimum absolute atomic E-state index is 0.599. The molecule has 2 rings (SSSR count). The number of hydrogen-bond donors (Lipinski definition) is 1. The van der Waals surface area contributed by atoms with E-state index in [2.05, 4.69) is 21.9 Å². The van der Waals surface area contributed by atoms with E-state index in [4.69, 9.17) is 17.0 Å². The Hall–Kier alpha value is -1.75. The molecule has 0 bridgehead atoms. The minimum Gasteiger partial charge on any atom is -0.492 e. The van der Waals surface area contributed by atoms with E-state index in [0.29, 0.717) is 11.2 Å². The van der Waals surface area contributed by atoms with Gasteiger partial charge in [-0.2, -0.15) is 0 Å². The van der Waals surface area contributed by atoms with Crippen LogP contribution in [0.5, 0.6) is 5.75 Å². The molecule has 0 radical (unpaired) electrons. The van der Waals surface area contributed by atoms with E-state index < -0.39 is 0 Å². The van der Waals surface area contributed by atoms with E-state index in [-0.39, 0.29) is 0 Å². The molecule has 0 unspecified atom stereocenters. The Balaban J connectivity index is 2.29. The second-order valence-corrected chi connectivity index (χ2v) is 4.01. The largest absolute Gasteiger partial charge is 0.492 e. The van der Waals surface area contributed by atoms with E-state index in [0.717, 1.165) is 23.4 Å². The fourth-order valence-corrected chi connectivity index (χ4v) is 1.56. The molecule has 0 spiro atoms. The van der Waals surface area contributed by atoms with E-state index >= 15 is 0 Å². The number of hydrogen-bond acceptors (Lipinski definition) is 4. The van der Waals surface area contributed by atoms with Gasteiger partial charge >= 0.3 is 0 Å². The van der Waals surface area contributed by atoms with Crippen LogP contribution in [0.3, 0.4) is 0 Å². The number of pyridine rings is 1. The van der Waals surface area contributed by atoms with Crippen molar-refractivity contribution in [3.63, 3.8) is 0 Å². The van der Waals surface area contributed by atoms with Crippen LogP contribution in [0.15, 0.2) is 30.9 Å². The fourth-order valence-electron chi connectivity index (χ4n) is 1.39. The Morgan fingerprint density at radius 1 is 1.24 bits per heavy atom. The number of ether oxygens (including phenoxy) is 1. The Kier molecular flexibility index (Phi) is 3.82. The van der Waals surface area contributed by atoms with Gasteiger partial charge in [0.1, 0.15) is 10.4 Å². The highest BCUT2D eigenvalue weighted by atomic mass is 32.1. The van der Waals surface area contributed by atoms with E-state index in [1.165, 1.54) is 0 Å². The van der Waals surface area contributed by atoms with Crippen molar-refractivity contribution in [3.05, 3.63) is 35.5 Å². The summed E-state index contributed by atoms with van der Waals surface area (Å²) in [7, 11) is 0. The smallest absolute Gasteiger partial charge is 0.138 e. The Morgan fingerprint density at radius 3 is 2.82 bits per heavy atom. The maximum atomic E-state index is 5.52. The lowest BCUT2D eigenvalue weighted by atomic mass is 10.2. The molecule has 0 aliphatic rings. The number of aromatic nitrogens is 3. The summed E-state index contributed by atoms with van der Waals surface area (Å²) in [4.78, 5) is 11.2. The van der Waals surface area contributed by atoms with Crippen molar-refractivity contribution in [3.8, 4) is 17.0 Å². The molecule has 5 heteroatoms. The molecule has 17 heavy (non-hydrogen) atoms. The summed E-state index contributed by atoms with van der Waals surface area (Å²) in [6.07, 6.45) is 7.74. The van der Waals surface area contributed by atoms with Gasteiger partial charge in [0.2, 0.25) is 0 Å². The van der Waals surface area contributed by atoms with Crippen molar-refractivity contribution in [1.82, 2.24) is 15.0 Å². The van der Waals surface area contributed by atoms with Crippen molar-refractivity contribution in [2.75, 3.05) is 6.61 Å². The molecule has 4 nitrogen and oxygen atoms in total. The Morgan fingerprint density at radius 2 is 2.06 bits per heavy atom. The van der Waals surface area contributed by atoms with Crippen LogP contribution >= 0.6 is 12.2 Å². The molecule has 0 aliphatic heterocycles. The van der Waals surface area contributed by atoms with Gasteiger partial charge < -0.3 is 9.72 Å². The first-order chi connectivity index (χ1) is 8.29. The highest BCUT2D eigenvalue weighted by Crippen LogP contribution is 2.20. The molecule has 0 atom stereocenters. The van der Waals surface area contributed by atoms with Gasteiger partial charge in [-0.3, -0.25) is 9.97 Å². The van der Waals surface area contributed by atoms with Crippen LogP contribution in [-0.4, -0.2) is 21.6 Å². The number of rotatable bonds is 4. The SMILES string of the molecule is CCCOc1cncc(-c2cncc(=S)[nH]2)c1. The lowest BCUT2D eigenvalue weighted by molar-refractivity contribution is 0.316. The summed E-state index contributed by atoms with van der Waals surface area (Å²) < 4.78 is 6.12. The predicted molar refractivity (Wildman–Crippen MR) is 68.4 cm³/mol. The standard InChI is InChI=1S/C12H13N3OS/c1-2-3-16-10-4-9(5-13-6-10)11-7-14-8-12(17)15-11/h4-8H,2-3H2,1H3,(H,15,17). The molecule has 2 aromatic rings. The van der Waals surface area contributed by atoms with Crippen molar-refractivity contribution in [1.29, 1.82) is 0 Å². The molecule has 0 amide bonds. The van der Waals surface area contributed by atoms with Gasteiger partial charge in [0.15, 0.2) is 0 Å². The second kappa shape index (κ2) is 5.54. The molecule has 0 saturated heterocycles. The first-order valence-electron chi connectivity index (χ1n) is 5.42. The molecule has 0 fully saturated rings. The number of nitrogens with zero attached hydrogens (tertiary/aromatic N) is 2. The highest BCUT2D eigenvalue weighted by molar-refractivity contribution is 7.71. The van der Waals surface area contributed by atoms with Crippen LogP contribution in [0.4, 0.5) is 0 Å². The predicted octanol–water partition coefficient (Wildman–Crippen LogP) is 2.99. The van der Waals surface area contributed by atoms with Crippen LogP contribution < -0.4 is 4.74 Å². The monoisotopic (exact) mass is 247 g/mol. The molecular formula is C12H13N3OS. The molecule has 0 aliphatic carbocycles. The summed E-state index contributed by atoms with van der Waals surface area (Å²) in [5.41, 5.74) is 1.75. The summed E-state index contributed by atoms with van der Waals surface area (Å²) in [6.45, 7) is 2.75. The zero-order valence-electron chi connectivity index (χ0n) is 9.51. The normalized spacial score (nSPS) is 10.2. The average molecular weight is 247 g/mol. The maximum absolute atomic E-state index is 5.52. The maximum Gasteiger partial charge on any atom is 0.138 e.